The van der Waals surface area contributed by atoms with E-state index >= 15 is 0 Å². The van der Waals surface area contributed by atoms with E-state index in [1.165, 1.54) is 32.6 Å². The van der Waals surface area contributed by atoms with Crippen LogP contribution in [0.3, 0.4) is 0 Å². The average molecular weight is 443 g/mol. The van der Waals surface area contributed by atoms with Crippen molar-refractivity contribution in [3.8, 4) is 0 Å². The third-order valence-corrected chi connectivity index (χ3v) is 10.6. The van der Waals surface area contributed by atoms with Gasteiger partial charge in [-0.15, -0.1) is 0 Å². The molecule has 3 fully saturated rings. The van der Waals surface area contributed by atoms with Crippen molar-refractivity contribution in [3.63, 3.8) is 0 Å². The molecule has 8 atom stereocenters. The number of carbonyl (C=O) groups is 2. The van der Waals surface area contributed by atoms with Crippen LogP contribution in [0.2, 0.25) is 0 Å². The number of aliphatic hydroxyl groups is 1. The van der Waals surface area contributed by atoms with Crippen LogP contribution < -0.4 is 0 Å². The number of aliphatic hydroxyl groups excluding tert-OH is 1. The monoisotopic (exact) mass is 442 g/mol. The summed E-state index contributed by atoms with van der Waals surface area (Å²) < 4.78 is 11.3. The van der Waals surface area contributed by atoms with E-state index in [0.29, 0.717) is 28.4 Å². The summed E-state index contributed by atoms with van der Waals surface area (Å²) in [6.45, 7) is 13.3. The van der Waals surface area contributed by atoms with Crippen LogP contribution in [0, 0.1) is 39.4 Å². The molecule has 0 aromatic carbocycles. The minimum Gasteiger partial charge on any atom is -0.462 e. The van der Waals surface area contributed by atoms with Gasteiger partial charge in [0.15, 0.2) is 0 Å². The Morgan fingerprint density at radius 1 is 1.09 bits per heavy atom. The van der Waals surface area contributed by atoms with Gasteiger partial charge in [0.1, 0.15) is 6.10 Å². The van der Waals surface area contributed by atoms with E-state index in [2.05, 4.69) is 40.7 Å². The molecule has 1 heterocycles. The molecule has 0 radical (unpaired) electrons. The molecule has 0 aromatic rings. The fraction of sp³-hybridized carbons (Fsp3) is 0.778. The lowest BCUT2D eigenvalue weighted by atomic mass is 9.35. The summed E-state index contributed by atoms with van der Waals surface area (Å²) in [5.41, 5.74) is 0.861. The molecule has 0 spiro atoms. The summed E-state index contributed by atoms with van der Waals surface area (Å²) in [7, 11) is 0. The topological polar surface area (TPSA) is 72.8 Å². The molecule has 0 unspecified atom stereocenters. The van der Waals surface area contributed by atoms with Crippen molar-refractivity contribution in [2.24, 2.45) is 39.4 Å². The Labute approximate surface area is 191 Å². The van der Waals surface area contributed by atoms with Crippen LogP contribution in [0.25, 0.3) is 0 Å². The van der Waals surface area contributed by atoms with Crippen LogP contribution in [0.1, 0.15) is 80.1 Å². The van der Waals surface area contributed by atoms with Crippen LogP contribution in [-0.2, 0) is 19.1 Å². The summed E-state index contributed by atoms with van der Waals surface area (Å²) in [5, 5.41) is 10.8. The van der Waals surface area contributed by atoms with Crippen LogP contribution in [0.15, 0.2) is 23.3 Å². The third kappa shape index (κ3) is 2.66. The van der Waals surface area contributed by atoms with E-state index in [9.17, 15) is 14.7 Å². The summed E-state index contributed by atoms with van der Waals surface area (Å²) in [6.07, 6.45) is 9.13. The Morgan fingerprint density at radius 3 is 2.50 bits per heavy atom. The molecule has 32 heavy (non-hydrogen) atoms. The van der Waals surface area contributed by atoms with E-state index < -0.39 is 23.8 Å². The second-order valence-corrected chi connectivity index (χ2v) is 12.5. The number of hydrogen-bond donors (Lipinski definition) is 1. The zero-order valence-electron chi connectivity index (χ0n) is 20.4. The number of carbonyl (C=O) groups excluding carboxylic acids is 2. The lowest BCUT2D eigenvalue weighted by Gasteiger charge is -2.69. The quantitative estimate of drug-likeness (QED) is 0.583. The number of ether oxygens (including phenoxy) is 2. The van der Waals surface area contributed by atoms with Gasteiger partial charge in [-0.1, -0.05) is 53.2 Å². The number of esters is 2. The number of rotatable bonds is 1. The number of fused-ring (bicyclic) bond motifs is 6. The van der Waals surface area contributed by atoms with Gasteiger partial charge in [0.2, 0.25) is 6.29 Å². The second kappa shape index (κ2) is 6.71. The van der Waals surface area contributed by atoms with Crippen LogP contribution >= 0.6 is 0 Å². The minimum absolute atomic E-state index is 0.00947. The molecule has 4 aliphatic carbocycles. The van der Waals surface area contributed by atoms with Gasteiger partial charge >= 0.3 is 11.9 Å². The molecule has 0 aromatic heterocycles. The van der Waals surface area contributed by atoms with Crippen molar-refractivity contribution >= 4 is 11.9 Å². The highest BCUT2D eigenvalue weighted by molar-refractivity contribution is 5.96. The van der Waals surface area contributed by atoms with Crippen LogP contribution in [0.5, 0.6) is 0 Å². The Bertz CT molecular complexity index is 930. The molecule has 5 nitrogen and oxygen atoms in total. The first-order valence-electron chi connectivity index (χ1n) is 12.3. The highest BCUT2D eigenvalue weighted by Crippen LogP contribution is 2.73. The molecule has 5 rings (SSSR count). The van der Waals surface area contributed by atoms with Gasteiger partial charge < -0.3 is 14.6 Å². The van der Waals surface area contributed by atoms with E-state index in [-0.39, 0.29) is 22.7 Å². The van der Waals surface area contributed by atoms with Gasteiger partial charge in [-0.3, -0.25) is 4.79 Å². The molecule has 1 N–H and O–H groups in total. The SMILES string of the molecule is CC(=O)O[C@H]1C[C@@H]2[C@@]3(C)CCCC(C)(C)[C@@H]3CC[C@@]2(C)[C@@H]2C=CC3=C([C@@H](O)OC3=O)[C@@]12C. The molecule has 5 aliphatic rings. The number of allylic oxidation sites excluding steroid dienone is 1. The molecule has 1 aliphatic heterocycles. The van der Waals surface area contributed by atoms with Crippen LogP contribution in [0.4, 0.5) is 0 Å². The number of cyclic esters (lactones) is 1. The van der Waals surface area contributed by atoms with E-state index in [1.807, 2.05) is 6.08 Å². The lowest BCUT2D eigenvalue weighted by Crippen LogP contribution is -2.65. The molecular formula is C27H38O5. The van der Waals surface area contributed by atoms with Crippen molar-refractivity contribution in [1.29, 1.82) is 0 Å². The highest BCUT2D eigenvalue weighted by atomic mass is 16.6. The maximum Gasteiger partial charge on any atom is 0.340 e. The first-order chi connectivity index (χ1) is 14.9. The van der Waals surface area contributed by atoms with Crippen molar-refractivity contribution in [2.75, 3.05) is 0 Å². The summed E-state index contributed by atoms with van der Waals surface area (Å²) >= 11 is 0. The van der Waals surface area contributed by atoms with Crippen molar-refractivity contribution in [3.05, 3.63) is 23.3 Å². The van der Waals surface area contributed by atoms with Crippen molar-refractivity contribution < 1.29 is 24.2 Å². The van der Waals surface area contributed by atoms with Crippen molar-refractivity contribution in [2.45, 2.75) is 92.5 Å². The summed E-state index contributed by atoms with van der Waals surface area (Å²) in [6, 6.07) is 0. The van der Waals surface area contributed by atoms with Crippen LogP contribution in [-0.4, -0.2) is 29.4 Å². The van der Waals surface area contributed by atoms with Gasteiger partial charge in [0.05, 0.1) is 5.57 Å². The largest absolute Gasteiger partial charge is 0.462 e. The Kier molecular flexibility index (Phi) is 4.65. The zero-order chi connectivity index (χ0) is 23.3. The van der Waals surface area contributed by atoms with Gasteiger partial charge in [-0.05, 0) is 66.1 Å². The standard InChI is InChI=1S/C27H38O5/c1-15(28)31-20-14-19-25(4)12-7-11-24(2,3)17(25)10-13-26(19,5)18-9-8-16-21(27(18,20)6)23(30)32-22(16)29/h8-9,17-20,23,30H,7,10-14H2,1-6H3/t17-,18-,19+,20-,23-,25-,26-,27+/m0/s1. The predicted octanol–water partition coefficient (Wildman–Crippen LogP) is 4.93. The average Bonchev–Trinajstić information content (AvgIpc) is 2.97. The van der Waals surface area contributed by atoms with Gasteiger partial charge in [0.25, 0.3) is 0 Å². The summed E-state index contributed by atoms with van der Waals surface area (Å²) in [5.74, 6) is 0.313. The minimum atomic E-state index is -1.27. The fourth-order valence-corrected chi connectivity index (χ4v) is 9.45. The smallest absolute Gasteiger partial charge is 0.340 e. The molecule has 0 saturated heterocycles. The Morgan fingerprint density at radius 2 is 1.81 bits per heavy atom. The highest BCUT2D eigenvalue weighted by Gasteiger charge is 2.69. The molecule has 5 heteroatoms. The Balaban J connectivity index is 1.66. The maximum absolute atomic E-state index is 12.4. The lowest BCUT2D eigenvalue weighted by molar-refractivity contribution is -0.218. The fourth-order valence-electron chi connectivity index (χ4n) is 9.45. The maximum atomic E-state index is 12.4. The third-order valence-electron chi connectivity index (χ3n) is 10.6. The molecule has 0 bridgehead atoms. The van der Waals surface area contributed by atoms with E-state index in [0.717, 1.165) is 12.8 Å². The summed E-state index contributed by atoms with van der Waals surface area (Å²) in [4.78, 5) is 24.7. The van der Waals surface area contributed by atoms with E-state index in [4.69, 9.17) is 9.47 Å². The molecule has 176 valence electrons. The molecule has 0 amide bonds. The number of hydrogen-bond acceptors (Lipinski definition) is 5. The van der Waals surface area contributed by atoms with Gasteiger partial charge in [-0.25, -0.2) is 4.79 Å². The second-order valence-electron chi connectivity index (χ2n) is 12.5. The zero-order valence-corrected chi connectivity index (χ0v) is 20.4. The molecule has 3 saturated carbocycles. The van der Waals surface area contributed by atoms with Gasteiger partial charge in [0, 0.05) is 17.9 Å². The Hall–Kier alpha value is -1.62. The molecular weight excluding hydrogens is 404 g/mol. The predicted molar refractivity (Wildman–Crippen MR) is 120 cm³/mol. The van der Waals surface area contributed by atoms with Crippen molar-refractivity contribution in [1.82, 2.24) is 0 Å². The van der Waals surface area contributed by atoms with Gasteiger partial charge in [-0.2, -0.15) is 0 Å². The van der Waals surface area contributed by atoms with E-state index in [1.54, 1.807) is 0 Å². The normalized spacial score (nSPS) is 48.8. The first kappa shape index (κ1) is 22.2. The first-order valence-corrected chi connectivity index (χ1v) is 12.3.